The van der Waals surface area contributed by atoms with Crippen molar-refractivity contribution < 1.29 is 14.7 Å². The molecule has 0 unspecified atom stereocenters. The van der Waals surface area contributed by atoms with Crippen LogP contribution in [-0.4, -0.2) is 32.6 Å². The molecule has 0 spiro atoms. The van der Waals surface area contributed by atoms with E-state index in [0.717, 1.165) is 19.3 Å². The van der Waals surface area contributed by atoms with E-state index in [0.29, 0.717) is 29.4 Å². The number of carbonyl (C=O) groups excluding carboxylic acids is 1. The fourth-order valence-electron chi connectivity index (χ4n) is 3.39. The van der Waals surface area contributed by atoms with Crippen LogP contribution in [0.4, 0.5) is 0 Å². The molecular weight excluding hydrogens is 310 g/mol. The summed E-state index contributed by atoms with van der Waals surface area (Å²) in [6.07, 6.45) is 4.05. The first-order valence-electron chi connectivity index (χ1n) is 8.20. The second-order valence-electron chi connectivity index (χ2n) is 6.38. The smallest absolute Gasteiger partial charge is 0.326 e. The summed E-state index contributed by atoms with van der Waals surface area (Å²) >= 11 is 0. The maximum atomic E-state index is 12.6. The fraction of sp³-hybridized carbons (Fsp3) is 0.471. The van der Waals surface area contributed by atoms with Crippen molar-refractivity contribution in [1.29, 1.82) is 0 Å². The molecule has 7 heteroatoms. The number of carboxylic acid groups (broad SMARTS) is 1. The summed E-state index contributed by atoms with van der Waals surface area (Å²) in [5.41, 5.74) is 1.49. The average molecular weight is 331 g/mol. The summed E-state index contributed by atoms with van der Waals surface area (Å²) in [6, 6.07) is 4.62. The summed E-state index contributed by atoms with van der Waals surface area (Å²) in [5.74, 6) is -1.70. The Labute approximate surface area is 138 Å². The van der Waals surface area contributed by atoms with Gasteiger partial charge in [0, 0.05) is 18.7 Å². The Morgan fingerprint density at radius 2 is 2.00 bits per heavy atom. The molecule has 0 radical (unpaired) electrons. The number of imidazole rings is 1. The number of H-pyrrole nitrogens is 1. The summed E-state index contributed by atoms with van der Waals surface area (Å²) in [5, 5.41) is 12.3. The van der Waals surface area contributed by atoms with E-state index in [-0.39, 0.29) is 17.6 Å². The quantitative estimate of drug-likeness (QED) is 0.744. The number of aliphatic carboxylic acids is 1. The molecule has 1 amide bonds. The highest BCUT2D eigenvalue weighted by molar-refractivity contribution is 5.97. The second-order valence-corrected chi connectivity index (χ2v) is 6.38. The van der Waals surface area contributed by atoms with E-state index in [1.165, 1.54) is 4.57 Å². The minimum absolute atomic E-state index is 0.239. The lowest BCUT2D eigenvalue weighted by Gasteiger charge is -2.22. The zero-order valence-corrected chi connectivity index (χ0v) is 13.5. The highest BCUT2D eigenvalue weighted by Crippen LogP contribution is 2.24. The summed E-state index contributed by atoms with van der Waals surface area (Å²) in [7, 11) is 1.63. The van der Waals surface area contributed by atoms with Crippen molar-refractivity contribution in [3.05, 3.63) is 34.2 Å². The van der Waals surface area contributed by atoms with Crippen LogP contribution in [0.25, 0.3) is 11.0 Å². The number of nitrogens with zero attached hydrogens (tertiary/aromatic N) is 1. The standard InChI is InChI=1S/C17H21N3O4/c1-20-14-9-10(7-8-13(14)19-17(20)24)15(21)18-12-6-4-2-3-5-11(12)16(22)23/h7-9,11-12H,2-6H2,1H3,(H,18,21)(H,19,24)(H,22,23)/t11-,12+/m1/s1. The number of carbonyl (C=O) groups is 2. The molecule has 1 heterocycles. The number of aryl methyl sites for hydroxylation is 1. The van der Waals surface area contributed by atoms with Gasteiger partial charge in [-0.1, -0.05) is 19.3 Å². The number of rotatable bonds is 3. The number of carboxylic acids is 1. The second kappa shape index (κ2) is 6.51. The van der Waals surface area contributed by atoms with Gasteiger partial charge in [0.25, 0.3) is 5.91 Å². The van der Waals surface area contributed by atoms with Crippen LogP contribution in [0.2, 0.25) is 0 Å². The van der Waals surface area contributed by atoms with Gasteiger partial charge in [-0.25, -0.2) is 4.79 Å². The maximum absolute atomic E-state index is 12.6. The SMILES string of the molecule is Cn1c(=O)[nH]c2ccc(C(=O)N[C@H]3CCCCC[C@H]3C(=O)O)cc21. The van der Waals surface area contributed by atoms with Crippen LogP contribution in [0.15, 0.2) is 23.0 Å². The zero-order valence-electron chi connectivity index (χ0n) is 13.5. The first-order chi connectivity index (χ1) is 11.5. The first-order valence-corrected chi connectivity index (χ1v) is 8.20. The first kappa shape index (κ1) is 16.3. The van der Waals surface area contributed by atoms with E-state index in [1.807, 2.05) is 0 Å². The Bertz CT molecular complexity index is 836. The molecule has 1 saturated carbocycles. The molecule has 0 aliphatic heterocycles. The van der Waals surface area contributed by atoms with Gasteiger partial charge in [0.05, 0.1) is 17.0 Å². The predicted molar refractivity (Wildman–Crippen MR) is 89.0 cm³/mol. The molecule has 3 N–H and O–H groups in total. The zero-order chi connectivity index (χ0) is 17.3. The predicted octanol–water partition coefficient (Wildman–Crippen LogP) is 1.63. The normalized spacial score (nSPS) is 21.4. The van der Waals surface area contributed by atoms with Crippen LogP contribution >= 0.6 is 0 Å². The molecule has 24 heavy (non-hydrogen) atoms. The van der Waals surface area contributed by atoms with Crippen LogP contribution in [0.1, 0.15) is 42.5 Å². The largest absolute Gasteiger partial charge is 0.481 e. The topological polar surface area (TPSA) is 104 Å². The molecule has 1 aromatic heterocycles. The minimum atomic E-state index is -0.856. The average Bonchev–Trinajstić information content (AvgIpc) is 2.73. The number of amides is 1. The lowest BCUT2D eigenvalue weighted by molar-refractivity contribution is -0.142. The van der Waals surface area contributed by atoms with E-state index >= 15 is 0 Å². The monoisotopic (exact) mass is 331 g/mol. The van der Waals surface area contributed by atoms with Crippen molar-refractivity contribution in [2.45, 2.75) is 38.1 Å². The molecule has 2 aromatic rings. The van der Waals surface area contributed by atoms with Gasteiger partial charge in [0.2, 0.25) is 0 Å². The number of aromatic nitrogens is 2. The van der Waals surface area contributed by atoms with Gasteiger partial charge in [-0.15, -0.1) is 0 Å². The van der Waals surface area contributed by atoms with Gasteiger partial charge in [-0.3, -0.25) is 14.2 Å². The third kappa shape index (κ3) is 3.06. The van der Waals surface area contributed by atoms with Crippen LogP contribution in [0.3, 0.4) is 0 Å². The minimum Gasteiger partial charge on any atom is -0.481 e. The van der Waals surface area contributed by atoms with Crippen molar-refractivity contribution in [1.82, 2.24) is 14.9 Å². The Kier molecular flexibility index (Phi) is 4.42. The highest BCUT2D eigenvalue weighted by atomic mass is 16.4. The van der Waals surface area contributed by atoms with Crippen molar-refractivity contribution in [3.63, 3.8) is 0 Å². The molecule has 128 valence electrons. The molecule has 1 fully saturated rings. The number of hydrogen-bond donors (Lipinski definition) is 3. The molecule has 1 aliphatic rings. The van der Waals surface area contributed by atoms with Gasteiger partial charge < -0.3 is 15.4 Å². The maximum Gasteiger partial charge on any atom is 0.326 e. The van der Waals surface area contributed by atoms with Crippen molar-refractivity contribution >= 4 is 22.9 Å². The summed E-state index contributed by atoms with van der Waals surface area (Å²) < 4.78 is 1.44. The van der Waals surface area contributed by atoms with Crippen LogP contribution in [0, 0.1) is 5.92 Å². The number of hydrogen-bond acceptors (Lipinski definition) is 3. The van der Waals surface area contributed by atoms with E-state index in [9.17, 15) is 19.5 Å². The molecule has 3 rings (SSSR count). The molecular formula is C17H21N3O4. The number of aromatic amines is 1. The third-order valence-electron chi connectivity index (χ3n) is 4.82. The Balaban J connectivity index is 1.84. The van der Waals surface area contributed by atoms with Crippen molar-refractivity contribution in [3.8, 4) is 0 Å². The highest BCUT2D eigenvalue weighted by Gasteiger charge is 2.30. The molecule has 0 saturated heterocycles. The van der Waals surface area contributed by atoms with Crippen LogP contribution in [0.5, 0.6) is 0 Å². The van der Waals surface area contributed by atoms with E-state index in [4.69, 9.17) is 0 Å². The van der Waals surface area contributed by atoms with Gasteiger partial charge in [-0.05, 0) is 31.0 Å². The third-order valence-corrected chi connectivity index (χ3v) is 4.82. The lowest BCUT2D eigenvalue weighted by Crippen LogP contribution is -2.42. The summed E-state index contributed by atoms with van der Waals surface area (Å²) in [6.45, 7) is 0. The van der Waals surface area contributed by atoms with Crippen molar-refractivity contribution in [2.75, 3.05) is 0 Å². The molecule has 1 aromatic carbocycles. The molecule has 2 atom stereocenters. The Morgan fingerprint density at radius 1 is 1.25 bits per heavy atom. The van der Waals surface area contributed by atoms with Crippen molar-refractivity contribution in [2.24, 2.45) is 13.0 Å². The number of nitrogens with one attached hydrogen (secondary N) is 2. The Morgan fingerprint density at radius 3 is 2.75 bits per heavy atom. The molecule has 1 aliphatic carbocycles. The van der Waals surface area contributed by atoms with E-state index < -0.39 is 11.9 Å². The van der Waals surface area contributed by atoms with Crippen LogP contribution in [-0.2, 0) is 11.8 Å². The van der Waals surface area contributed by atoms with Gasteiger partial charge in [-0.2, -0.15) is 0 Å². The fourth-order valence-corrected chi connectivity index (χ4v) is 3.39. The molecule has 7 nitrogen and oxygen atoms in total. The van der Waals surface area contributed by atoms with Gasteiger partial charge in [0.1, 0.15) is 0 Å². The van der Waals surface area contributed by atoms with E-state index in [1.54, 1.807) is 25.2 Å². The number of fused-ring (bicyclic) bond motifs is 1. The summed E-state index contributed by atoms with van der Waals surface area (Å²) in [4.78, 5) is 38.4. The number of benzene rings is 1. The van der Waals surface area contributed by atoms with Gasteiger partial charge >= 0.3 is 11.7 Å². The van der Waals surface area contributed by atoms with Crippen LogP contribution < -0.4 is 11.0 Å². The molecule has 0 bridgehead atoms. The Hall–Kier alpha value is -2.57. The lowest BCUT2D eigenvalue weighted by atomic mass is 9.94. The van der Waals surface area contributed by atoms with Gasteiger partial charge in [0.15, 0.2) is 0 Å². The van der Waals surface area contributed by atoms with E-state index in [2.05, 4.69) is 10.3 Å².